The van der Waals surface area contributed by atoms with E-state index in [2.05, 4.69) is 4.98 Å². The zero-order valence-electron chi connectivity index (χ0n) is 22.8. The summed E-state index contributed by atoms with van der Waals surface area (Å²) < 4.78 is 36.0. The lowest BCUT2D eigenvalue weighted by Crippen LogP contribution is -2.59. The Hall–Kier alpha value is -4.75. The zero-order valence-corrected chi connectivity index (χ0v) is 22.8. The molecule has 222 valence electrons. The molecule has 6 atom stereocenters. The van der Waals surface area contributed by atoms with E-state index in [0.29, 0.717) is 6.20 Å². The maximum absolute atomic E-state index is 12.2. The molecule has 0 bridgehead atoms. The summed E-state index contributed by atoms with van der Waals surface area (Å²) in [5.41, 5.74) is 0. The maximum Gasteiger partial charge on any atom is 0.391 e. The molecule has 6 unspecified atom stereocenters. The standard InChI is InChI=1S/C23H30N2O15/c1-10(26)34-9-18(35-11(2)27)20(37-13(4)29)22(39-15(6)31)23(40-16(7)32)21(38-14(5)30)19(36-12(3)28)17(33)8-25-24/h8,18-23H,9H2,1-7H3/p+1. The summed E-state index contributed by atoms with van der Waals surface area (Å²) in [6.07, 6.45) is -11.6. The molecule has 1 N–H and O–H groups in total. The van der Waals surface area contributed by atoms with E-state index in [1.807, 2.05) is 0 Å². The summed E-state index contributed by atoms with van der Waals surface area (Å²) in [5, 5.41) is 19.3. The Balaban J connectivity index is 7.44. The lowest BCUT2D eigenvalue weighted by Gasteiger charge is -2.39. The van der Waals surface area contributed by atoms with Crippen LogP contribution >= 0.6 is 0 Å². The molecular weight excluding hydrogens is 544 g/mol. The number of aliphatic hydroxyl groups excluding tert-OH is 1. The van der Waals surface area contributed by atoms with E-state index in [0.717, 1.165) is 48.5 Å². The highest BCUT2D eigenvalue weighted by Gasteiger charge is 2.52. The molecule has 17 heteroatoms. The molecule has 40 heavy (non-hydrogen) atoms. The molecule has 0 saturated heterocycles. The van der Waals surface area contributed by atoms with Crippen molar-refractivity contribution >= 4 is 41.8 Å². The van der Waals surface area contributed by atoms with Gasteiger partial charge in [0.15, 0.2) is 35.5 Å². The number of hydrogen-bond acceptors (Lipinski definition) is 16. The molecule has 0 aromatic heterocycles. The molecule has 0 saturated carbocycles. The molecule has 0 amide bonds. The van der Waals surface area contributed by atoms with Crippen LogP contribution in [0.25, 0.3) is 4.98 Å². The number of carbonyl (C=O) groups is 7. The Morgan fingerprint density at radius 1 is 0.600 bits per heavy atom. The SMILES string of the molecule is CC(=O)OCC(OC(C)=O)C(OC(C)=O)C(OC(C)=O)C(OC(C)=O)C(OC(C)=O)C(OC(C)=O)C(O)=C[N+]#N. The number of esters is 7. The highest BCUT2D eigenvalue weighted by Crippen LogP contribution is 2.28. The first kappa shape index (κ1) is 35.2. The van der Waals surface area contributed by atoms with Crippen molar-refractivity contribution in [2.45, 2.75) is 85.1 Å². The van der Waals surface area contributed by atoms with Crippen molar-refractivity contribution in [3.63, 3.8) is 0 Å². The third-order valence-electron chi connectivity index (χ3n) is 4.39. The highest BCUT2D eigenvalue weighted by molar-refractivity contribution is 5.70. The molecule has 0 aliphatic rings. The molecule has 0 heterocycles. The van der Waals surface area contributed by atoms with Crippen molar-refractivity contribution in [1.82, 2.24) is 0 Å². The first-order chi connectivity index (χ1) is 18.5. The minimum absolute atomic E-state index is 0.391. The lowest BCUT2D eigenvalue weighted by molar-refractivity contribution is -0.221. The predicted molar refractivity (Wildman–Crippen MR) is 126 cm³/mol. The average Bonchev–Trinajstić information content (AvgIpc) is 2.79. The first-order valence-electron chi connectivity index (χ1n) is 11.4. The topological polar surface area (TPSA) is 232 Å². The molecule has 0 radical (unpaired) electrons. The van der Waals surface area contributed by atoms with E-state index in [1.54, 1.807) is 0 Å². The van der Waals surface area contributed by atoms with Crippen LogP contribution in [0.1, 0.15) is 48.5 Å². The monoisotopic (exact) mass is 575 g/mol. The maximum atomic E-state index is 12.2. The van der Waals surface area contributed by atoms with Crippen LogP contribution in [0.3, 0.4) is 0 Å². The van der Waals surface area contributed by atoms with Crippen molar-refractivity contribution in [1.29, 1.82) is 5.39 Å². The van der Waals surface area contributed by atoms with Crippen LogP contribution in [0.5, 0.6) is 0 Å². The number of carbonyl (C=O) groups excluding carboxylic acids is 7. The molecule has 0 aliphatic heterocycles. The number of aliphatic hydroxyl groups is 1. The van der Waals surface area contributed by atoms with Crippen molar-refractivity contribution in [2.75, 3.05) is 6.61 Å². The van der Waals surface area contributed by atoms with Crippen LogP contribution in [0.15, 0.2) is 12.0 Å². The highest BCUT2D eigenvalue weighted by atomic mass is 16.7. The van der Waals surface area contributed by atoms with Gasteiger partial charge in [0, 0.05) is 48.5 Å². The summed E-state index contributed by atoms with van der Waals surface area (Å²) in [6.45, 7) is 5.66. The summed E-state index contributed by atoms with van der Waals surface area (Å²) in [4.78, 5) is 86.3. The predicted octanol–water partition coefficient (Wildman–Crippen LogP) is 0.392. The largest absolute Gasteiger partial charge is 0.503 e. The second-order valence-corrected chi connectivity index (χ2v) is 7.95. The van der Waals surface area contributed by atoms with E-state index in [-0.39, 0.29) is 0 Å². The molecular formula is C23H31N2O15+. The normalized spacial score (nSPS) is 15.3. The molecule has 0 aromatic rings. The second kappa shape index (κ2) is 17.0. The number of ether oxygens (including phenoxy) is 7. The van der Waals surface area contributed by atoms with Crippen LogP contribution in [0.4, 0.5) is 0 Å². The van der Waals surface area contributed by atoms with Crippen LogP contribution < -0.4 is 0 Å². The van der Waals surface area contributed by atoms with Gasteiger partial charge < -0.3 is 38.3 Å². The van der Waals surface area contributed by atoms with Gasteiger partial charge in [-0.25, -0.2) is 0 Å². The minimum atomic E-state index is -2.09. The van der Waals surface area contributed by atoms with Gasteiger partial charge in [0.25, 0.3) is 0 Å². The van der Waals surface area contributed by atoms with Gasteiger partial charge in [-0.1, -0.05) is 0 Å². The van der Waals surface area contributed by atoms with Gasteiger partial charge in [0.2, 0.25) is 17.3 Å². The second-order valence-electron chi connectivity index (χ2n) is 7.95. The fourth-order valence-electron chi connectivity index (χ4n) is 3.28. The average molecular weight is 576 g/mol. The fraction of sp³-hybridized carbons (Fsp3) is 0.609. The van der Waals surface area contributed by atoms with Crippen LogP contribution in [0.2, 0.25) is 0 Å². The molecule has 0 fully saturated rings. The molecule has 0 spiro atoms. The van der Waals surface area contributed by atoms with Gasteiger partial charge in [0.05, 0.1) is 0 Å². The van der Waals surface area contributed by atoms with E-state index in [1.165, 1.54) is 0 Å². The van der Waals surface area contributed by atoms with Crippen LogP contribution in [-0.4, -0.2) is 90.1 Å². The van der Waals surface area contributed by atoms with E-state index >= 15 is 0 Å². The van der Waals surface area contributed by atoms with Gasteiger partial charge in [-0.2, -0.15) is 0 Å². The van der Waals surface area contributed by atoms with Gasteiger partial charge in [-0.3, -0.25) is 33.6 Å². The van der Waals surface area contributed by atoms with E-state index < -0.39 is 90.8 Å². The smallest absolute Gasteiger partial charge is 0.391 e. The van der Waals surface area contributed by atoms with E-state index in [9.17, 15) is 38.7 Å². The Bertz CT molecular complexity index is 1050. The molecule has 0 aromatic carbocycles. The van der Waals surface area contributed by atoms with Crippen molar-refractivity contribution in [2.24, 2.45) is 0 Å². The summed E-state index contributed by atoms with van der Waals surface area (Å²) >= 11 is 0. The summed E-state index contributed by atoms with van der Waals surface area (Å²) in [5.74, 6) is -8.29. The third kappa shape index (κ3) is 13.2. The zero-order chi connectivity index (χ0) is 31.2. The Morgan fingerprint density at radius 2 is 0.975 bits per heavy atom. The first-order valence-corrected chi connectivity index (χ1v) is 11.4. The molecule has 17 nitrogen and oxygen atoms in total. The van der Waals surface area contributed by atoms with Crippen molar-refractivity contribution in [3.8, 4) is 0 Å². The van der Waals surface area contributed by atoms with Crippen LogP contribution in [0, 0.1) is 5.39 Å². The van der Waals surface area contributed by atoms with Crippen LogP contribution in [-0.2, 0) is 66.7 Å². The number of hydrogen-bond donors (Lipinski definition) is 1. The number of diazo groups is 1. The van der Waals surface area contributed by atoms with Crippen molar-refractivity contribution < 1.29 is 71.8 Å². The lowest BCUT2D eigenvalue weighted by atomic mass is 9.94. The Kier molecular flexibility index (Phi) is 14.9. The van der Waals surface area contributed by atoms with Gasteiger partial charge >= 0.3 is 48.0 Å². The summed E-state index contributed by atoms with van der Waals surface area (Å²) in [6, 6.07) is 0. The third-order valence-corrected chi connectivity index (χ3v) is 4.39. The molecule has 0 rings (SSSR count). The molecule has 0 aliphatic carbocycles. The Morgan fingerprint density at radius 3 is 1.35 bits per heavy atom. The minimum Gasteiger partial charge on any atom is -0.503 e. The number of rotatable bonds is 14. The van der Waals surface area contributed by atoms with E-state index in [4.69, 9.17) is 38.6 Å². The van der Waals surface area contributed by atoms with Crippen molar-refractivity contribution in [3.05, 3.63) is 16.9 Å². The summed E-state index contributed by atoms with van der Waals surface area (Å²) in [7, 11) is 0. The van der Waals surface area contributed by atoms with Gasteiger partial charge in [-0.05, 0) is 0 Å². The quantitative estimate of drug-likeness (QED) is 0.128. The van der Waals surface area contributed by atoms with Gasteiger partial charge in [0.1, 0.15) is 6.61 Å². The number of nitrogens with zero attached hydrogens (tertiary/aromatic N) is 2. The Labute approximate surface area is 228 Å². The fourth-order valence-corrected chi connectivity index (χ4v) is 3.28. The van der Waals surface area contributed by atoms with Gasteiger partial charge in [-0.15, -0.1) is 0 Å².